The van der Waals surface area contributed by atoms with Gasteiger partial charge >= 0.3 is 0 Å². The monoisotopic (exact) mass is 405 g/mol. The molecule has 8 heteroatoms. The van der Waals surface area contributed by atoms with Gasteiger partial charge in [0.25, 0.3) is 5.91 Å². The Bertz CT molecular complexity index is 878. The first-order chi connectivity index (χ1) is 13.5. The van der Waals surface area contributed by atoms with Gasteiger partial charge in [0.05, 0.1) is 35.5 Å². The van der Waals surface area contributed by atoms with E-state index >= 15 is 0 Å². The summed E-state index contributed by atoms with van der Waals surface area (Å²) in [4.78, 5) is 26.7. The molecule has 28 heavy (non-hydrogen) atoms. The molecule has 0 aromatic heterocycles. The van der Waals surface area contributed by atoms with Gasteiger partial charge in [-0.3, -0.25) is 9.59 Å². The van der Waals surface area contributed by atoms with Crippen LogP contribution in [0.5, 0.6) is 0 Å². The number of amides is 2. The molecule has 3 N–H and O–H groups in total. The van der Waals surface area contributed by atoms with E-state index in [1.54, 1.807) is 29.2 Å². The van der Waals surface area contributed by atoms with Crippen molar-refractivity contribution in [1.82, 2.24) is 4.90 Å². The summed E-state index contributed by atoms with van der Waals surface area (Å²) < 4.78 is 13.1. The van der Waals surface area contributed by atoms with E-state index in [1.807, 2.05) is 0 Å². The molecule has 1 heterocycles. The highest BCUT2D eigenvalue weighted by atomic mass is 35.5. The largest absolute Gasteiger partial charge is 0.394 e. The predicted molar refractivity (Wildman–Crippen MR) is 106 cm³/mol. The minimum Gasteiger partial charge on any atom is -0.394 e. The number of rotatable bonds is 6. The molecule has 1 unspecified atom stereocenters. The fourth-order valence-corrected chi connectivity index (χ4v) is 3.45. The van der Waals surface area contributed by atoms with Gasteiger partial charge in [-0.25, -0.2) is 4.39 Å². The number of aliphatic hydroxyl groups excluding tert-OH is 1. The number of halogens is 2. The first-order valence-electron chi connectivity index (χ1n) is 8.99. The third-order valence-electron chi connectivity index (χ3n) is 4.65. The predicted octanol–water partition coefficient (Wildman–Crippen LogP) is 3.13. The van der Waals surface area contributed by atoms with Gasteiger partial charge in [0.15, 0.2) is 0 Å². The quantitative estimate of drug-likeness (QED) is 0.689. The van der Waals surface area contributed by atoms with E-state index < -0.39 is 5.82 Å². The van der Waals surface area contributed by atoms with E-state index in [1.165, 1.54) is 12.1 Å². The van der Waals surface area contributed by atoms with E-state index in [0.29, 0.717) is 23.5 Å². The summed E-state index contributed by atoms with van der Waals surface area (Å²) in [7, 11) is 0. The standard InChI is InChI=1S/C20H21ClFN3O3/c21-16-10-13(22)7-8-18(16)24-19(27)11-23-17-6-2-1-5-15(17)20(28)25-9-3-4-14(25)12-26/h1-2,5-8,10,14,23,26H,3-4,9,11-12H2,(H,24,27). The topological polar surface area (TPSA) is 81.7 Å². The van der Waals surface area contributed by atoms with Crippen molar-refractivity contribution in [2.75, 3.05) is 30.3 Å². The molecule has 1 aliphatic rings. The lowest BCUT2D eigenvalue weighted by molar-refractivity contribution is -0.114. The average molecular weight is 406 g/mol. The molecule has 2 amide bonds. The number of hydrogen-bond acceptors (Lipinski definition) is 4. The molecule has 2 aromatic carbocycles. The number of anilines is 2. The number of para-hydroxylation sites is 1. The summed E-state index contributed by atoms with van der Waals surface area (Å²) in [5.74, 6) is -1.05. The van der Waals surface area contributed by atoms with Crippen molar-refractivity contribution in [3.05, 3.63) is 58.9 Å². The zero-order valence-electron chi connectivity index (χ0n) is 15.1. The van der Waals surface area contributed by atoms with Crippen LogP contribution in [-0.4, -0.2) is 47.6 Å². The number of benzene rings is 2. The molecule has 1 saturated heterocycles. The number of carbonyl (C=O) groups excluding carboxylic acids is 2. The Morgan fingerprint density at radius 3 is 2.75 bits per heavy atom. The number of aliphatic hydroxyl groups is 1. The molecule has 0 aliphatic carbocycles. The number of nitrogens with zero attached hydrogens (tertiary/aromatic N) is 1. The van der Waals surface area contributed by atoms with Crippen LogP contribution in [-0.2, 0) is 4.79 Å². The first kappa shape index (κ1) is 20.1. The van der Waals surface area contributed by atoms with Crippen LogP contribution >= 0.6 is 11.6 Å². The molecular weight excluding hydrogens is 385 g/mol. The summed E-state index contributed by atoms with van der Waals surface area (Å²) in [6, 6.07) is 10.5. The number of carbonyl (C=O) groups is 2. The van der Waals surface area contributed by atoms with Crippen molar-refractivity contribution >= 4 is 34.8 Å². The van der Waals surface area contributed by atoms with Crippen LogP contribution in [0.1, 0.15) is 23.2 Å². The van der Waals surface area contributed by atoms with Gasteiger partial charge in [-0.2, -0.15) is 0 Å². The van der Waals surface area contributed by atoms with Crippen LogP contribution in [0, 0.1) is 5.82 Å². The van der Waals surface area contributed by atoms with Gasteiger partial charge in [-0.15, -0.1) is 0 Å². The zero-order chi connectivity index (χ0) is 20.1. The highest BCUT2D eigenvalue weighted by molar-refractivity contribution is 6.33. The fraction of sp³-hybridized carbons (Fsp3) is 0.300. The van der Waals surface area contributed by atoms with E-state index in [-0.39, 0.29) is 36.0 Å². The lowest BCUT2D eigenvalue weighted by Gasteiger charge is -2.24. The van der Waals surface area contributed by atoms with Gasteiger partial charge in [-0.05, 0) is 43.2 Å². The van der Waals surface area contributed by atoms with Crippen molar-refractivity contribution in [3.63, 3.8) is 0 Å². The Morgan fingerprint density at radius 2 is 2.00 bits per heavy atom. The maximum atomic E-state index is 13.1. The van der Waals surface area contributed by atoms with E-state index in [2.05, 4.69) is 10.6 Å². The third kappa shape index (κ3) is 4.61. The average Bonchev–Trinajstić information content (AvgIpc) is 3.17. The maximum absolute atomic E-state index is 13.1. The Morgan fingerprint density at radius 1 is 1.21 bits per heavy atom. The van der Waals surface area contributed by atoms with Crippen molar-refractivity contribution in [3.8, 4) is 0 Å². The van der Waals surface area contributed by atoms with Crippen LogP contribution in [0.25, 0.3) is 0 Å². The second-order valence-electron chi connectivity index (χ2n) is 6.55. The zero-order valence-corrected chi connectivity index (χ0v) is 15.9. The Hall–Kier alpha value is -2.64. The van der Waals surface area contributed by atoms with Crippen LogP contribution in [0.15, 0.2) is 42.5 Å². The molecular formula is C20H21ClFN3O3. The van der Waals surface area contributed by atoms with Crippen molar-refractivity contribution in [1.29, 1.82) is 0 Å². The first-order valence-corrected chi connectivity index (χ1v) is 9.37. The lowest BCUT2D eigenvalue weighted by atomic mass is 10.1. The normalized spacial score (nSPS) is 16.1. The molecule has 6 nitrogen and oxygen atoms in total. The Kier molecular flexibility index (Phi) is 6.49. The molecule has 1 aliphatic heterocycles. The van der Waals surface area contributed by atoms with Crippen molar-refractivity contribution in [2.24, 2.45) is 0 Å². The number of hydrogen-bond donors (Lipinski definition) is 3. The van der Waals surface area contributed by atoms with Gasteiger partial charge in [0, 0.05) is 12.2 Å². The van der Waals surface area contributed by atoms with Crippen LogP contribution < -0.4 is 10.6 Å². The number of nitrogens with one attached hydrogen (secondary N) is 2. The summed E-state index contributed by atoms with van der Waals surface area (Å²) in [5, 5.41) is 15.1. The van der Waals surface area contributed by atoms with E-state index in [0.717, 1.165) is 18.9 Å². The lowest BCUT2D eigenvalue weighted by Crippen LogP contribution is -2.38. The Balaban J connectivity index is 1.66. The van der Waals surface area contributed by atoms with Gasteiger partial charge < -0.3 is 20.6 Å². The molecule has 0 radical (unpaired) electrons. The van der Waals surface area contributed by atoms with Crippen molar-refractivity contribution < 1.29 is 19.1 Å². The van der Waals surface area contributed by atoms with E-state index in [4.69, 9.17) is 11.6 Å². The fourth-order valence-electron chi connectivity index (χ4n) is 3.23. The van der Waals surface area contributed by atoms with Crippen LogP contribution in [0.4, 0.5) is 15.8 Å². The summed E-state index contributed by atoms with van der Waals surface area (Å²) in [5.41, 5.74) is 1.27. The molecule has 1 atom stereocenters. The highest BCUT2D eigenvalue weighted by Gasteiger charge is 2.29. The van der Waals surface area contributed by atoms with Gasteiger partial charge in [0.2, 0.25) is 5.91 Å². The second kappa shape index (κ2) is 9.03. The van der Waals surface area contributed by atoms with Gasteiger partial charge in [0.1, 0.15) is 5.82 Å². The SMILES string of the molecule is O=C(CNc1ccccc1C(=O)N1CCCC1CO)Nc1ccc(F)cc1Cl. The second-order valence-corrected chi connectivity index (χ2v) is 6.96. The molecule has 0 saturated carbocycles. The molecule has 0 spiro atoms. The molecule has 148 valence electrons. The maximum Gasteiger partial charge on any atom is 0.256 e. The summed E-state index contributed by atoms with van der Waals surface area (Å²) in [6.45, 7) is 0.436. The summed E-state index contributed by atoms with van der Waals surface area (Å²) in [6.07, 6.45) is 1.63. The highest BCUT2D eigenvalue weighted by Crippen LogP contribution is 2.24. The number of likely N-dealkylation sites (tertiary alicyclic amines) is 1. The molecule has 0 bridgehead atoms. The molecule has 3 rings (SSSR count). The smallest absolute Gasteiger partial charge is 0.256 e. The third-order valence-corrected chi connectivity index (χ3v) is 4.96. The minimum atomic E-state index is -0.489. The minimum absolute atomic E-state index is 0.0673. The van der Waals surface area contributed by atoms with Crippen LogP contribution in [0.2, 0.25) is 5.02 Å². The van der Waals surface area contributed by atoms with Crippen molar-refractivity contribution in [2.45, 2.75) is 18.9 Å². The summed E-state index contributed by atoms with van der Waals surface area (Å²) >= 11 is 5.91. The molecule has 1 fully saturated rings. The van der Waals surface area contributed by atoms with Crippen LogP contribution in [0.3, 0.4) is 0 Å². The Labute approximate surface area is 167 Å². The van der Waals surface area contributed by atoms with E-state index in [9.17, 15) is 19.1 Å². The van der Waals surface area contributed by atoms with Gasteiger partial charge in [-0.1, -0.05) is 23.7 Å². The molecule has 2 aromatic rings.